The Bertz CT molecular complexity index is 210. The van der Waals surface area contributed by atoms with Crippen LogP contribution in [-0.4, -0.2) is 12.0 Å². The van der Waals surface area contributed by atoms with E-state index in [1.54, 1.807) is 12.2 Å². The highest BCUT2D eigenvalue weighted by atomic mass is 79.9. The predicted octanol–water partition coefficient (Wildman–Crippen LogP) is 0.663. The van der Waals surface area contributed by atoms with E-state index in [9.17, 15) is 4.79 Å². The second kappa shape index (κ2) is 2.88. The zero-order chi connectivity index (χ0) is 7.56. The number of ether oxygens (including phenoxy) is 1. The van der Waals surface area contributed by atoms with Gasteiger partial charge < -0.3 is 10.5 Å². The monoisotopic (exact) mass is 203 g/mol. The number of primary amides is 1. The van der Waals surface area contributed by atoms with Crippen molar-refractivity contribution in [2.24, 2.45) is 5.73 Å². The number of allylic oxidation sites excluding steroid dienone is 2. The summed E-state index contributed by atoms with van der Waals surface area (Å²) in [6, 6.07) is 0. The fourth-order valence-electron chi connectivity index (χ4n) is 0.610. The van der Waals surface area contributed by atoms with E-state index in [4.69, 9.17) is 10.5 Å². The lowest BCUT2D eigenvalue weighted by molar-refractivity contribution is -0.124. The van der Waals surface area contributed by atoms with E-state index in [1.807, 2.05) is 0 Å². The summed E-state index contributed by atoms with van der Waals surface area (Å²) < 4.78 is 5.54. The highest BCUT2D eigenvalue weighted by Gasteiger charge is 2.19. The Balaban J connectivity index is 2.73. The molecule has 54 valence electrons. The van der Waals surface area contributed by atoms with Gasteiger partial charge in [-0.1, -0.05) is 15.9 Å². The summed E-state index contributed by atoms with van der Waals surface area (Å²) in [5, 5.41) is 0. The molecule has 0 bridgehead atoms. The Morgan fingerprint density at radius 3 is 2.90 bits per heavy atom. The van der Waals surface area contributed by atoms with Crippen LogP contribution in [0.1, 0.15) is 0 Å². The van der Waals surface area contributed by atoms with Gasteiger partial charge in [-0.05, 0) is 12.2 Å². The van der Waals surface area contributed by atoms with Gasteiger partial charge in [0.25, 0.3) is 5.91 Å². The van der Waals surface area contributed by atoms with Crippen molar-refractivity contribution < 1.29 is 9.53 Å². The van der Waals surface area contributed by atoms with Crippen LogP contribution in [0.5, 0.6) is 0 Å². The summed E-state index contributed by atoms with van der Waals surface area (Å²) in [7, 11) is 0. The summed E-state index contributed by atoms with van der Waals surface area (Å²) in [5.41, 5.74) is 4.99. The Labute approximate surface area is 66.7 Å². The molecule has 0 radical (unpaired) electrons. The molecule has 1 atom stereocenters. The molecule has 0 aromatic heterocycles. The first-order valence-electron chi connectivity index (χ1n) is 2.69. The third kappa shape index (κ3) is 1.39. The van der Waals surface area contributed by atoms with Crippen LogP contribution in [0.4, 0.5) is 0 Å². The molecule has 1 amide bonds. The largest absolute Gasteiger partial charge is 0.483 e. The van der Waals surface area contributed by atoms with Crippen LogP contribution < -0.4 is 5.73 Å². The maximum Gasteiger partial charge on any atom is 0.263 e. The van der Waals surface area contributed by atoms with Crippen molar-refractivity contribution >= 4 is 21.8 Å². The average molecular weight is 204 g/mol. The van der Waals surface area contributed by atoms with Crippen molar-refractivity contribution in [2.45, 2.75) is 6.10 Å². The van der Waals surface area contributed by atoms with Crippen LogP contribution in [0, 0.1) is 0 Å². The molecule has 2 N–H and O–H groups in total. The molecule has 0 aliphatic carbocycles. The molecule has 10 heavy (non-hydrogen) atoms. The number of rotatable bonds is 1. The molecule has 0 aromatic rings. The summed E-state index contributed by atoms with van der Waals surface area (Å²) in [6.45, 7) is 0. The normalized spacial score (nSPS) is 23.3. The smallest absolute Gasteiger partial charge is 0.263 e. The Kier molecular flexibility index (Phi) is 2.11. The van der Waals surface area contributed by atoms with Gasteiger partial charge in [0.1, 0.15) is 0 Å². The molecule has 1 heterocycles. The summed E-state index contributed by atoms with van der Waals surface area (Å²) >= 11 is 3.14. The van der Waals surface area contributed by atoms with Gasteiger partial charge in [-0.25, -0.2) is 0 Å². The topological polar surface area (TPSA) is 52.3 Å². The van der Waals surface area contributed by atoms with E-state index in [-0.39, 0.29) is 0 Å². The fraction of sp³-hybridized carbons (Fsp3) is 0.167. The first-order valence-corrected chi connectivity index (χ1v) is 3.48. The minimum Gasteiger partial charge on any atom is -0.483 e. The summed E-state index contributed by atoms with van der Waals surface area (Å²) in [5.74, 6) is -0.493. The number of carbonyl (C=O) groups excluding carboxylic acids is 1. The number of halogens is 1. The minimum atomic E-state index is -0.648. The van der Waals surface area contributed by atoms with Gasteiger partial charge >= 0.3 is 0 Å². The summed E-state index contributed by atoms with van der Waals surface area (Å²) in [6.07, 6.45) is 4.19. The van der Waals surface area contributed by atoms with Crippen LogP contribution in [0.2, 0.25) is 0 Å². The average Bonchev–Trinajstić information content (AvgIpc) is 1.88. The number of carbonyl (C=O) groups is 1. The van der Waals surface area contributed by atoms with Gasteiger partial charge in [0.05, 0.1) is 6.26 Å². The molecule has 1 aliphatic rings. The van der Waals surface area contributed by atoms with E-state index in [0.717, 1.165) is 0 Å². The molecule has 0 saturated carbocycles. The van der Waals surface area contributed by atoms with Crippen molar-refractivity contribution in [3.63, 3.8) is 0 Å². The number of nitrogens with two attached hydrogens (primary N) is 1. The van der Waals surface area contributed by atoms with Crippen molar-refractivity contribution in [3.05, 3.63) is 22.9 Å². The van der Waals surface area contributed by atoms with Gasteiger partial charge in [-0.15, -0.1) is 0 Å². The molecule has 0 spiro atoms. The zero-order valence-electron chi connectivity index (χ0n) is 5.08. The van der Waals surface area contributed by atoms with E-state index in [0.29, 0.717) is 4.48 Å². The molecule has 3 nitrogen and oxygen atoms in total. The van der Waals surface area contributed by atoms with Gasteiger partial charge in [0.15, 0.2) is 0 Å². The molecule has 1 unspecified atom stereocenters. The van der Waals surface area contributed by atoms with Crippen LogP contribution >= 0.6 is 15.9 Å². The first kappa shape index (κ1) is 7.34. The van der Waals surface area contributed by atoms with Crippen LogP contribution in [0.3, 0.4) is 0 Å². The maximum atomic E-state index is 10.6. The van der Waals surface area contributed by atoms with Gasteiger partial charge in [0, 0.05) is 4.48 Å². The third-order valence-electron chi connectivity index (χ3n) is 1.06. The molecule has 0 aromatic carbocycles. The lowest BCUT2D eigenvalue weighted by Gasteiger charge is -2.14. The van der Waals surface area contributed by atoms with Crippen LogP contribution in [-0.2, 0) is 9.53 Å². The first-order chi connectivity index (χ1) is 4.72. The molecule has 4 heteroatoms. The van der Waals surface area contributed by atoms with E-state index >= 15 is 0 Å². The second-order valence-corrected chi connectivity index (χ2v) is 2.71. The van der Waals surface area contributed by atoms with Crippen molar-refractivity contribution in [1.82, 2.24) is 0 Å². The van der Waals surface area contributed by atoms with Gasteiger partial charge in [-0.3, -0.25) is 4.79 Å². The van der Waals surface area contributed by atoms with Crippen molar-refractivity contribution in [3.8, 4) is 0 Å². The Hall–Kier alpha value is -0.770. The predicted molar refractivity (Wildman–Crippen MR) is 40.2 cm³/mol. The molecular weight excluding hydrogens is 198 g/mol. The maximum absolute atomic E-state index is 10.6. The van der Waals surface area contributed by atoms with Gasteiger partial charge in [0.2, 0.25) is 6.10 Å². The van der Waals surface area contributed by atoms with Crippen LogP contribution in [0.25, 0.3) is 0 Å². The molecular formula is C6H6BrNO2. The third-order valence-corrected chi connectivity index (χ3v) is 1.74. The highest BCUT2D eigenvalue weighted by molar-refractivity contribution is 9.11. The molecule has 0 fully saturated rings. The Morgan fingerprint density at radius 1 is 1.80 bits per heavy atom. The second-order valence-electron chi connectivity index (χ2n) is 1.80. The molecule has 1 aliphatic heterocycles. The minimum absolute atomic E-state index is 0.493. The van der Waals surface area contributed by atoms with Crippen molar-refractivity contribution in [1.29, 1.82) is 0 Å². The van der Waals surface area contributed by atoms with E-state index < -0.39 is 12.0 Å². The van der Waals surface area contributed by atoms with Gasteiger partial charge in [-0.2, -0.15) is 0 Å². The zero-order valence-corrected chi connectivity index (χ0v) is 6.67. The highest BCUT2D eigenvalue weighted by Crippen LogP contribution is 2.17. The number of hydrogen-bond acceptors (Lipinski definition) is 2. The number of amides is 1. The Morgan fingerprint density at radius 2 is 2.50 bits per heavy atom. The fourth-order valence-corrected chi connectivity index (χ4v) is 1.10. The molecule has 0 saturated heterocycles. The standard InChI is InChI=1S/C6H6BrNO2/c7-4-2-1-3-10-5(4)6(8)9/h1-3,5H,(H2,8,9). The van der Waals surface area contributed by atoms with Crippen molar-refractivity contribution in [2.75, 3.05) is 0 Å². The van der Waals surface area contributed by atoms with E-state index in [2.05, 4.69) is 15.9 Å². The number of hydrogen-bond donors (Lipinski definition) is 1. The lowest BCUT2D eigenvalue weighted by atomic mass is 10.3. The lowest BCUT2D eigenvalue weighted by Crippen LogP contribution is -2.30. The molecule has 1 rings (SSSR count). The van der Waals surface area contributed by atoms with E-state index in [1.165, 1.54) is 6.26 Å². The SMILES string of the molecule is NC(=O)C1OC=CC=C1Br. The van der Waals surface area contributed by atoms with Crippen LogP contribution in [0.15, 0.2) is 22.9 Å². The summed E-state index contributed by atoms with van der Waals surface area (Å²) in [4.78, 5) is 10.6. The quantitative estimate of drug-likeness (QED) is 0.682.